The summed E-state index contributed by atoms with van der Waals surface area (Å²) in [6, 6.07) is 8.93. The van der Waals surface area contributed by atoms with E-state index >= 15 is 0 Å². The molecule has 0 saturated carbocycles. The van der Waals surface area contributed by atoms with Crippen molar-refractivity contribution in [3.05, 3.63) is 35.9 Å². The highest BCUT2D eigenvalue weighted by Crippen LogP contribution is 2.19. The largest absolute Gasteiger partial charge is 0.480 e. The van der Waals surface area contributed by atoms with Crippen molar-refractivity contribution in [3.63, 3.8) is 0 Å². The monoisotopic (exact) mass is 389 g/mol. The molecule has 1 aliphatic heterocycles. The van der Waals surface area contributed by atoms with E-state index in [1.165, 1.54) is 0 Å². The number of carboxylic acid groups (broad SMARTS) is 1. The van der Waals surface area contributed by atoms with Crippen molar-refractivity contribution in [1.82, 2.24) is 15.1 Å². The van der Waals surface area contributed by atoms with Crippen LogP contribution in [0.3, 0.4) is 0 Å². The summed E-state index contributed by atoms with van der Waals surface area (Å²) < 4.78 is 0. The fourth-order valence-corrected chi connectivity index (χ4v) is 3.45. The molecule has 3 amide bonds. The number of unbranched alkanes of at least 4 members (excludes halogenated alkanes) is 1. The van der Waals surface area contributed by atoms with Crippen molar-refractivity contribution >= 4 is 17.9 Å². The molecule has 1 fully saturated rings. The van der Waals surface area contributed by atoms with E-state index in [9.17, 15) is 19.5 Å². The number of rotatable bonds is 8. The van der Waals surface area contributed by atoms with Gasteiger partial charge in [0, 0.05) is 32.6 Å². The summed E-state index contributed by atoms with van der Waals surface area (Å²) >= 11 is 0. The summed E-state index contributed by atoms with van der Waals surface area (Å²) in [4.78, 5) is 39.8. The van der Waals surface area contributed by atoms with E-state index in [0.717, 1.165) is 18.4 Å². The first-order valence-corrected chi connectivity index (χ1v) is 9.99. The molecule has 0 radical (unpaired) electrons. The van der Waals surface area contributed by atoms with E-state index in [0.29, 0.717) is 38.9 Å². The number of likely N-dealkylation sites (tertiary alicyclic amines) is 1. The quantitative estimate of drug-likeness (QED) is 0.715. The molecule has 28 heavy (non-hydrogen) atoms. The summed E-state index contributed by atoms with van der Waals surface area (Å²) in [6.45, 7) is 3.53. The van der Waals surface area contributed by atoms with Crippen molar-refractivity contribution in [1.29, 1.82) is 0 Å². The van der Waals surface area contributed by atoms with Crippen LogP contribution in [0.5, 0.6) is 0 Å². The predicted molar refractivity (Wildman–Crippen MR) is 107 cm³/mol. The van der Waals surface area contributed by atoms with Crippen LogP contribution in [-0.2, 0) is 16.1 Å². The second-order valence-electron chi connectivity index (χ2n) is 7.43. The van der Waals surface area contributed by atoms with Gasteiger partial charge in [-0.3, -0.25) is 4.79 Å². The van der Waals surface area contributed by atoms with Gasteiger partial charge in [0.15, 0.2) is 0 Å². The Balaban J connectivity index is 1.81. The summed E-state index contributed by atoms with van der Waals surface area (Å²) in [6.07, 6.45) is 3.20. The van der Waals surface area contributed by atoms with Crippen LogP contribution in [0.15, 0.2) is 30.3 Å². The molecule has 2 N–H and O–H groups in total. The summed E-state index contributed by atoms with van der Waals surface area (Å²) in [7, 11) is 1.78. The molecule has 1 aromatic carbocycles. The number of carbonyl (C=O) groups excluding carboxylic acids is 2. The Morgan fingerprint density at radius 1 is 1.21 bits per heavy atom. The lowest BCUT2D eigenvalue weighted by atomic mass is 9.95. The summed E-state index contributed by atoms with van der Waals surface area (Å²) in [5.74, 6) is -1.45. The minimum Gasteiger partial charge on any atom is -0.480 e. The molecule has 1 aromatic rings. The van der Waals surface area contributed by atoms with Gasteiger partial charge in [-0.2, -0.15) is 0 Å². The Morgan fingerprint density at radius 2 is 1.86 bits per heavy atom. The summed E-state index contributed by atoms with van der Waals surface area (Å²) in [5.41, 5.74) is 1.07. The molecule has 0 spiro atoms. The zero-order valence-corrected chi connectivity index (χ0v) is 16.8. The number of carboxylic acids is 1. The first-order valence-electron chi connectivity index (χ1n) is 9.99. The molecule has 0 unspecified atom stereocenters. The highest BCUT2D eigenvalue weighted by Gasteiger charge is 2.30. The smallest absolute Gasteiger partial charge is 0.326 e. The number of carbonyl (C=O) groups is 3. The van der Waals surface area contributed by atoms with E-state index in [1.54, 1.807) is 16.8 Å². The lowest BCUT2D eigenvalue weighted by Crippen LogP contribution is -2.49. The average Bonchev–Trinajstić information content (AvgIpc) is 2.71. The third kappa shape index (κ3) is 6.25. The number of nitrogens with one attached hydrogen (secondary N) is 1. The molecule has 0 bridgehead atoms. The number of aliphatic carboxylic acids is 1. The Labute approximate surface area is 166 Å². The van der Waals surface area contributed by atoms with Crippen LogP contribution in [0.4, 0.5) is 4.79 Å². The highest BCUT2D eigenvalue weighted by atomic mass is 16.4. The third-order valence-corrected chi connectivity index (χ3v) is 5.19. The fourth-order valence-electron chi connectivity index (χ4n) is 3.45. The highest BCUT2D eigenvalue weighted by molar-refractivity contribution is 5.85. The van der Waals surface area contributed by atoms with Gasteiger partial charge in [-0.25, -0.2) is 9.59 Å². The van der Waals surface area contributed by atoms with Crippen molar-refractivity contribution in [2.75, 3.05) is 20.1 Å². The Hall–Kier alpha value is -2.57. The zero-order valence-electron chi connectivity index (χ0n) is 16.8. The maximum atomic E-state index is 12.6. The number of urea groups is 1. The van der Waals surface area contributed by atoms with Gasteiger partial charge < -0.3 is 20.2 Å². The van der Waals surface area contributed by atoms with E-state index in [4.69, 9.17) is 0 Å². The molecule has 1 saturated heterocycles. The van der Waals surface area contributed by atoms with Crippen LogP contribution in [-0.4, -0.2) is 59.0 Å². The van der Waals surface area contributed by atoms with Gasteiger partial charge in [-0.1, -0.05) is 50.1 Å². The lowest BCUT2D eigenvalue weighted by molar-refractivity contribution is -0.143. The van der Waals surface area contributed by atoms with Gasteiger partial charge in [0.2, 0.25) is 5.91 Å². The molecular weight excluding hydrogens is 358 g/mol. The molecule has 1 heterocycles. The number of benzene rings is 1. The second kappa shape index (κ2) is 10.7. The Bertz CT molecular complexity index is 657. The molecule has 0 aliphatic carbocycles. The van der Waals surface area contributed by atoms with E-state index in [2.05, 4.69) is 5.32 Å². The molecule has 0 aromatic heterocycles. The van der Waals surface area contributed by atoms with Gasteiger partial charge in [0.1, 0.15) is 6.04 Å². The van der Waals surface area contributed by atoms with Crippen LogP contribution < -0.4 is 5.32 Å². The normalized spacial score (nSPS) is 15.7. The Morgan fingerprint density at radius 3 is 2.43 bits per heavy atom. The van der Waals surface area contributed by atoms with Gasteiger partial charge in [0.25, 0.3) is 0 Å². The second-order valence-corrected chi connectivity index (χ2v) is 7.43. The number of hydrogen-bond acceptors (Lipinski definition) is 3. The minimum atomic E-state index is -0.989. The first kappa shape index (κ1) is 21.7. The minimum absolute atomic E-state index is 0.0472. The van der Waals surface area contributed by atoms with Crippen LogP contribution in [0, 0.1) is 5.92 Å². The number of hydrogen-bond donors (Lipinski definition) is 2. The Kier molecular flexibility index (Phi) is 8.29. The predicted octanol–water partition coefficient (Wildman–Crippen LogP) is 2.71. The molecule has 7 nitrogen and oxygen atoms in total. The fraction of sp³-hybridized carbons (Fsp3) is 0.571. The van der Waals surface area contributed by atoms with Gasteiger partial charge in [0.05, 0.1) is 0 Å². The molecule has 2 rings (SSSR count). The van der Waals surface area contributed by atoms with E-state index in [-0.39, 0.29) is 17.9 Å². The molecule has 7 heteroatoms. The standard InChI is InChI=1S/C21H31N3O4/c1-3-4-10-18(20(26)27)22-19(25)17-11-13-24(14-12-17)21(28)23(2)15-16-8-6-5-7-9-16/h5-9,17-18H,3-4,10-15H2,1-2H3,(H,22,25)(H,26,27)/t18-/m0/s1. The topological polar surface area (TPSA) is 90.0 Å². The van der Waals surface area contributed by atoms with Crippen molar-refractivity contribution in [2.24, 2.45) is 5.92 Å². The number of piperidine rings is 1. The first-order chi connectivity index (χ1) is 13.4. The van der Waals surface area contributed by atoms with Crippen LogP contribution in [0.1, 0.15) is 44.6 Å². The number of amides is 3. The van der Waals surface area contributed by atoms with Gasteiger partial charge in [-0.05, 0) is 24.8 Å². The molecule has 1 atom stereocenters. The van der Waals surface area contributed by atoms with Gasteiger partial charge in [-0.15, -0.1) is 0 Å². The van der Waals surface area contributed by atoms with Crippen molar-refractivity contribution in [3.8, 4) is 0 Å². The van der Waals surface area contributed by atoms with Crippen molar-refractivity contribution < 1.29 is 19.5 Å². The molecule has 1 aliphatic rings. The van der Waals surface area contributed by atoms with E-state index < -0.39 is 12.0 Å². The average molecular weight is 389 g/mol. The third-order valence-electron chi connectivity index (χ3n) is 5.19. The number of nitrogens with zero attached hydrogens (tertiary/aromatic N) is 2. The van der Waals surface area contributed by atoms with Gasteiger partial charge >= 0.3 is 12.0 Å². The maximum absolute atomic E-state index is 12.6. The van der Waals surface area contributed by atoms with E-state index in [1.807, 2.05) is 37.3 Å². The van der Waals surface area contributed by atoms with Crippen LogP contribution >= 0.6 is 0 Å². The van der Waals surface area contributed by atoms with Crippen molar-refractivity contribution in [2.45, 2.75) is 51.6 Å². The maximum Gasteiger partial charge on any atom is 0.326 e. The molecule has 154 valence electrons. The molecular formula is C21H31N3O4. The van der Waals surface area contributed by atoms with Crippen LogP contribution in [0.2, 0.25) is 0 Å². The SMILES string of the molecule is CCCC[C@H](NC(=O)C1CCN(C(=O)N(C)Cc2ccccc2)CC1)C(=O)O. The zero-order chi connectivity index (χ0) is 20.5. The lowest BCUT2D eigenvalue weighted by Gasteiger charge is -2.34. The van der Waals surface area contributed by atoms with Crippen LogP contribution in [0.25, 0.3) is 0 Å². The summed E-state index contributed by atoms with van der Waals surface area (Å²) in [5, 5.41) is 11.9.